The average molecular weight is 304 g/mol. The Morgan fingerprint density at radius 2 is 2.19 bits per heavy atom. The molecule has 106 valence electrons. The predicted molar refractivity (Wildman–Crippen MR) is 72.9 cm³/mol. The second-order valence-corrected chi connectivity index (χ2v) is 4.85. The average Bonchev–Trinajstić information content (AvgIpc) is 3.10. The van der Waals surface area contributed by atoms with Crippen molar-refractivity contribution in [2.24, 2.45) is 0 Å². The molecule has 0 fully saturated rings. The van der Waals surface area contributed by atoms with Gasteiger partial charge >= 0.3 is 0 Å². The first-order valence-corrected chi connectivity index (χ1v) is 6.49. The molecule has 3 rings (SSSR count). The van der Waals surface area contributed by atoms with Crippen molar-refractivity contribution < 1.29 is 9.34 Å². The minimum Gasteiger partial charge on any atom is -0.461 e. The van der Waals surface area contributed by atoms with Gasteiger partial charge in [-0.2, -0.15) is 0 Å². The summed E-state index contributed by atoms with van der Waals surface area (Å²) in [6, 6.07) is 6.31. The third-order valence-corrected chi connectivity index (χ3v) is 3.45. The molecular weight excluding hydrogens is 296 g/mol. The maximum absolute atomic E-state index is 10.6. The van der Waals surface area contributed by atoms with Gasteiger partial charge in [-0.25, -0.2) is 9.66 Å². The Morgan fingerprint density at radius 3 is 2.81 bits per heavy atom. The quantitative estimate of drug-likeness (QED) is 0.438. The Bertz CT molecular complexity index is 768. The van der Waals surface area contributed by atoms with Crippen LogP contribution in [0.25, 0.3) is 11.6 Å². The summed E-state index contributed by atoms with van der Waals surface area (Å²) in [6.45, 7) is 0. The lowest BCUT2D eigenvalue weighted by Crippen LogP contribution is -2.11. The second-order valence-electron chi connectivity index (χ2n) is 3.87. The Labute approximate surface area is 121 Å². The number of nitrogens with zero attached hydrogens (tertiary/aromatic N) is 5. The molecule has 21 heavy (non-hydrogen) atoms. The lowest BCUT2D eigenvalue weighted by molar-refractivity contribution is -0.385. The fraction of sp³-hybridized carbons (Fsp3) is 0. The van der Waals surface area contributed by atoms with Crippen LogP contribution in [0.3, 0.4) is 0 Å². The van der Waals surface area contributed by atoms with E-state index in [1.54, 1.807) is 12.1 Å². The van der Waals surface area contributed by atoms with Crippen LogP contribution in [-0.4, -0.2) is 24.8 Å². The van der Waals surface area contributed by atoms with Crippen molar-refractivity contribution in [2.75, 3.05) is 5.84 Å². The van der Waals surface area contributed by atoms with Crippen molar-refractivity contribution in [3.63, 3.8) is 0 Å². The molecule has 0 aliphatic rings. The van der Waals surface area contributed by atoms with Gasteiger partial charge in [-0.05, 0) is 30.0 Å². The van der Waals surface area contributed by atoms with E-state index >= 15 is 0 Å². The van der Waals surface area contributed by atoms with Gasteiger partial charge in [0.25, 0.3) is 5.69 Å². The summed E-state index contributed by atoms with van der Waals surface area (Å²) in [6.07, 6.45) is 2.68. The Hall–Kier alpha value is -2.88. The molecule has 3 heterocycles. The zero-order chi connectivity index (χ0) is 14.8. The highest BCUT2D eigenvalue weighted by atomic mass is 32.2. The number of nitro groups is 1. The molecule has 0 saturated heterocycles. The maximum Gasteiger partial charge on any atom is 0.287 e. The van der Waals surface area contributed by atoms with Gasteiger partial charge in [0.05, 0.1) is 11.2 Å². The van der Waals surface area contributed by atoms with E-state index in [1.807, 2.05) is 0 Å². The number of nitrogen functional groups attached to an aromatic ring is 1. The first-order chi connectivity index (χ1) is 10.1. The van der Waals surface area contributed by atoms with Crippen molar-refractivity contribution in [2.45, 2.75) is 10.2 Å². The predicted octanol–water partition coefficient (Wildman–Crippen LogP) is 1.71. The van der Waals surface area contributed by atoms with E-state index < -0.39 is 4.92 Å². The van der Waals surface area contributed by atoms with Crippen molar-refractivity contribution in [1.29, 1.82) is 0 Å². The lowest BCUT2D eigenvalue weighted by atomic mass is 10.4. The van der Waals surface area contributed by atoms with E-state index in [-0.39, 0.29) is 5.69 Å². The van der Waals surface area contributed by atoms with E-state index in [4.69, 9.17) is 10.3 Å². The maximum atomic E-state index is 10.6. The molecule has 0 aliphatic heterocycles. The van der Waals surface area contributed by atoms with Crippen molar-refractivity contribution in [3.05, 3.63) is 46.8 Å². The second kappa shape index (κ2) is 5.25. The minimum atomic E-state index is -0.512. The third kappa shape index (κ3) is 2.56. The van der Waals surface area contributed by atoms with Crippen LogP contribution in [0.5, 0.6) is 0 Å². The molecule has 0 unspecified atom stereocenters. The van der Waals surface area contributed by atoms with Crippen molar-refractivity contribution in [3.8, 4) is 11.6 Å². The minimum absolute atomic E-state index is 0.0789. The number of hydrogen-bond donors (Lipinski definition) is 1. The molecule has 0 spiro atoms. The van der Waals surface area contributed by atoms with E-state index in [0.29, 0.717) is 21.8 Å². The highest BCUT2D eigenvalue weighted by Crippen LogP contribution is 2.27. The molecule has 0 radical (unpaired) electrons. The highest BCUT2D eigenvalue weighted by Gasteiger charge is 2.15. The van der Waals surface area contributed by atoms with Gasteiger partial charge in [-0.1, -0.05) is 0 Å². The Morgan fingerprint density at radius 1 is 1.33 bits per heavy atom. The van der Waals surface area contributed by atoms with E-state index in [1.165, 1.54) is 29.3 Å². The Balaban J connectivity index is 1.84. The first-order valence-electron chi connectivity index (χ1n) is 5.68. The molecule has 0 bridgehead atoms. The van der Waals surface area contributed by atoms with Gasteiger partial charge in [0, 0.05) is 6.07 Å². The fourth-order valence-corrected chi connectivity index (χ4v) is 2.25. The van der Waals surface area contributed by atoms with Crippen LogP contribution in [0.4, 0.5) is 5.69 Å². The number of rotatable bonds is 4. The van der Waals surface area contributed by atoms with Gasteiger partial charge in [0.2, 0.25) is 11.0 Å². The summed E-state index contributed by atoms with van der Waals surface area (Å²) < 4.78 is 6.47. The summed E-state index contributed by atoms with van der Waals surface area (Å²) in [7, 11) is 0. The molecular formula is C11H8N6O3S. The number of furan rings is 1. The first kappa shape index (κ1) is 13.1. The molecule has 0 amide bonds. The van der Waals surface area contributed by atoms with E-state index in [9.17, 15) is 10.1 Å². The number of hydrogen-bond acceptors (Lipinski definition) is 8. The smallest absolute Gasteiger partial charge is 0.287 e. The van der Waals surface area contributed by atoms with Crippen LogP contribution in [0.15, 0.2) is 51.3 Å². The Kier molecular flexibility index (Phi) is 3.28. The van der Waals surface area contributed by atoms with Crippen LogP contribution in [0.1, 0.15) is 0 Å². The molecule has 0 atom stereocenters. The largest absolute Gasteiger partial charge is 0.461 e. The van der Waals surface area contributed by atoms with Gasteiger partial charge in [-0.3, -0.25) is 10.1 Å². The van der Waals surface area contributed by atoms with Gasteiger partial charge in [-0.15, -0.1) is 10.2 Å². The zero-order valence-electron chi connectivity index (χ0n) is 10.4. The summed E-state index contributed by atoms with van der Waals surface area (Å²) in [5.41, 5.74) is -0.0789. The molecule has 3 aromatic rings. The third-order valence-electron chi connectivity index (χ3n) is 2.53. The number of nitrogens with two attached hydrogens (primary N) is 1. The molecule has 10 heteroatoms. The van der Waals surface area contributed by atoms with Crippen LogP contribution in [-0.2, 0) is 0 Å². The summed E-state index contributed by atoms with van der Waals surface area (Å²) in [5.74, 6) is 6.77. The molecule has 2 N–H and O–H groups in total. The normalized spacial score (nSPS) is 10.7. The monoisotopic (exact) mass is 304 g/mol. The van der Waals surface area contributed by atoms with Gasteiger partial charge in [0.1, 0.15) is 11.2 Å². The van der Waals surface area contributed by atoms with Crippen molar-refractivity contribution >= 4 is 17.4 Å². The van der Waals surface area contributed by atoms with Crippen molar-refractivity contribution in [1.82, 2.24) is 19.9 Å². The molecule has 0 aromatic carbocycles. The zero-order valence-corrected chi connectivity index (χ0v) is 11.2. The highest BCUT2D eigenvalue weighted by molar-refractivity contribution is 7.99. The molecule has 0 saturated carbocycles. The molecule has 3 aromatic heterocycles. The number of pyridine rings is 1. The summed E-state index contributed by atoms with van der Waals surface area (Å²) >= 11 is 1.14. The standard InChI is InChI=1S/C11H8N6O3S/c12-16-10(8-2-1-5-20-8)14-15-11(16)21-9-4-3-7(6-13-9)17(18)19/h1-6H,12H2. The lowest BCUT2D eigenvalue weighted by Gasteiger charge is -2.01. The summed E-state index contributed by atoms with van der Waals surface area (Å²) in [5, 5.41) is 19.4. The summed E-state index contributed by atoms with van der Waals surface area (Å²) in [4.78, 5) is 14.0. The van der Waals surface area contributed by atoms with Crippen LogP contribution in [0, 0.1) is 10.1 Å². The van der Waals surface area contributed by atoms with Crippen LogP contribution < -0.4 is 5.84 Å². The molecule has 0 aliphatic carbocycles. The fourth-order valence-electron chi connectivity index (χ4n) is 1.55. The van der Waals surface area contributed by atoms with E-state index in [2.05, 4.69) is 15.2 Å². The van der Waals surface area contributed by atoms with Crippen LogP contribution >= 0.6 is 11.8 Å². The van der Waals surface area contributed by atoms with E-state index in [0.717, 1.165) is 11.8 Å². The topological polar surface area (TPSA) is 126 Å². The van der Waals surface area contributed by atoms with Gasteiger partial charge < -0.3 is 10.3 Å². The van der Waals surface area contributed by atoms with Gasteiger partial charge in [0.15, 0.2) is 5.76 Å². The SMILES string of the molecule is Nn1c(Sc2ccc([N+](=O)[O-])cn2)nnc1-c1ccco1. The van der Waals surface area contributed by atoms with Crippen LogP contribution in [0.2, 0.25) is 0 Å². The number of aromatic nitrogens is 4. The molecule has 9 nitrogen and oxygen atoms in total.